The van der Waals surface area contributed by atoms with E-state index < -0.39 is 11.6 Å². The lowest BCUT2D eigenvalue weighted by Gasteiger charge is -2.42. The van der Waals surface area contributed by atoms with Crippen molar-refractivity contribution in [2.45, 2.75) is 38.3 Å². The zero-order valence-corrected chi connectivity index (χ0v) is 13.0. The van der Waals surface area contributed by atoms with Crippen LogP contribution in [0.5, 0.6) is 0 Å². The number of hydrogen-bond donors (Lipinski definition) is 1. The fourth-order valence-electron chi connectivity index (χ4n) is 2.53. The average Bonchev–Trinajstić information content (AvgIpc) is 2.34. The van der Waals surface area contributed by atoms with E-state index in [1.807, 2.05) is 32.8 Å². The van der Waals surface area contributed by atoms with Crippen LogP contribution in [0.3, 0.4) is 0 Å². The Bertz CT molecular complexity index is 405. The van der Waals surface area contributed by atoms with Gasteiger partial charge in [-0.3, -0.25) is 0 Å². The smallest absolute Gasteiger partial charge is 0.129 e. The minimum Gasteiger partial charge on any atom is -0.386 e. The Morgan fingerprint density at radius 1 is 1.33 bits per heavy atom. The van der Waals surface area contributed by atoms with Crippen LogP contribution in [0.25, 0.3) is 0 Å². The van der Waals surface area contributed by atoms with Crippen LogP contribution in [0.4, 0.5) is 4.39 Å². The van der Waals surface area contributed by atoms with Crippen LogP contribution < -0.4 is 0 Å². The molecule has 0 aliphatic heterocycles. The Hall–Kier alpha value is -0.450. The predicted octanol–water partition coefficient (Wildman–Crippen LogP) is 3.74. The molecule has 0 aliphatic rings. The van der Waals surface area contributed by atoms with E-state index in [1.165, 1.54) is 6.07 Å². The van der Waals surface area contributed by atoms with E-state index >= 15 is 0 Å². The van der Waals surface area contributed by atoms with Gasteiger partial charge in [0.2, 0.25) is 0 Å². The first-order valence-corrected chi connectivity index (χ1v) is 6.98. The Morgan fingerprint density at radius 3 is 2.33 bits per heavy atom. The van der Waals surface area contributed by atoms with Crippen molar-refractivity contribution in [3.05, 3.63) is 34.1 Å². The van der Waals surface area contributed by atoms with Gasteiger partial charge in [0.1, 0.15) is 11.9 Å². The van der Waals surface area contributed by atoms with Crippen molar-refractivity contribution in [3.8, 4) is 0 Å². The van der Waals surface area contributed by atoms with Gasteiger partial charge in [-0.05, 0) is 45.1 Å². The molecule has 102 valence electrons. The Balaban J connectivity index is 3.25. The monoisotopic (exact) mass is 317 g/mol. The van der Waals surface area contributed by atoms with Gasteiger partial charge >= 0.3 is 0 Å². The van der Waals surface area contributed by atoms with Gasteiger partial charge in [-0.1, -0.05) is 29.8 Å². The van der Waals surface area contributed by atoms with Gasteiger partial charge in [-0.25, -0.2) is 4.39 Å². The number of rotatable bonds is 5. The molecule has 1 N–H and O–H groups in total. The summed E-state index contributed by atoms with van der Waals surface area (Å²) in [6, 6.07) is 4.68. The van der Waals surface area contributed by atoms with Crippen LogP contribution in [0, 0.1) is 5.82 Å². The highest BCUT2D eigenvalue weighted by atomic mass is 79.9. The molecule has 0 aromatic heterocycles. The third kappa shape index (κ3) is 2.76. The van der Waals surface area contributed by atoms with Gasteiger partial charge < -0.3 is 10.0 Å². The van der Waals surface area contributed by atoms with Crippen LogP contribution in [0.2, 0.25) is 0 Å². The average molecular weight is 318 g/mol. The fourth-order valence-corrected chi connectivity index (χ4v) is 2.91. The van der Waals surface area contributed by atoms with Crippen LogP contribution >= 0.6 is 15.9 Å². The highest BCUT2D eigenvalue weighted by Gasteiger charge is 2.38. The molecule has 0 saturated heterocycles. The van der Waals surface area contributed by atoms with Crippen molar-refractivity contribution in [2.75, 3.05) is 14.1 Å². The van der Waals surface area contributed by atoms with Crippen molar-refractivity contribution < 1.29 is 9.50 Å². The first-order valence-electron chi connectivity index (χ1n) is 6.19. The lowest BCUT2D eigenvalue weighted by atomic mass is 9.81. The molecule has 1 rings (SSSR count). The normalized spacial score (nSPS) is 14.0. The van der Waals surface area contributed by atoms with E-state index in [-0.39, 0.29) is 5.82 Å². The van der Waals surface area contributed by atoms with E-state index in [2.05, 4.69) is 15.9 Å². The second-order valence-corrected chi connectivity index (χ2v) is 5.69. The summed E-state index contributed by atoms with van der Waals surface area (Å²) < 4.78 is 14.7. The number of halogens is 2. The second-order valence-electron chi connectivity index (χ2n) is 4.77. The molecular weight excluding hydrogens is 297 g/mol. The molecule has 0 radical (unpaired) electrons. The summed E-state index contributed by atoms with van der Waals surface area (Å²) in [5, 5.41) is 10.6. The van der Waals surface area contributed by atoms with Gasteiger partial charge in [0.25, 0.3) is 0 Å². The van der Waals surface area contributed by atoms with E-state index in [4.69, 9.17) is 0 Å². The van der Waals surface area contributed by atoms with Gasteiger partial charge in [0.05, 0.1) is 5.54 Å². The van der Waals surface area contributed by atoms with Crippen molar-refractivity contribution in [2.24, 2.45) is 0 Å². The van der Waals surface area contributed by atoms with E-state index in [9.17, 15) is 9.50 Å². The highest BCUT2D eigenvalue weighted by molar-refractivity contribution is 9.10. The van der Waals surface area contributed by atoms with E-state index in [0.717, 1.165) is 17.3 Å². The van der Waals surface area contributed by atoms with Gasteiger partial charge in [-0.2, -0.15) is 0 Å². The minimum atomic E-state index is -0.847. The maximum atomic E-state index is 13.9. The number of hydrogen-bond acceptors (Lipinski definition) is 2. The summed E-state index contributed by atoms with van der Waals surface area (Å²) in [5.41, 5.74) is -0.0940. The zero-order valence-electron chi connectivity index (χ0n) is 11.4. The SMILES string of the molecule is CCC(CC)(C(O)c1cc(Br)ccc1F)N(C)C. The largest absolute Gasteiger partial charge is 0.386 e. The predicted molar refractivity (Wildman–Crippen MR) is 76.1 cm³/mol. The molecule has 0 fully saturated rings. The molecule has 0 saturated carbocycles. The standard InChI is InChI=1S/C14H21BrFNO/c1-5-14(6-2,17(3)4)13(18)11-9-10(15)7-8-12(11)16/h7-9,13,18H,5-6H2,1-4H3. The van der Waals surface area contributed by atoms with Crippen LogP contribution in [0.1, 0.15) is 38.4 Å². The molecular formula is C14H21BrFNO. The Kier molecular flexibility index (Phi) is 5.32. The summed E-state index contributed by atoms with van der Waals surface area (Å²) in [7, 11) is 3.85. The fraction of sp³-hybridized carbons (Fsp3) is 0.571. The highest BCUT2D eigenvalue weighted by Crippen LogP contribution is 2.37. The molecule has 1 aromatic rings. The number of aliphatic hydroxyl groups is 1. The molecule has 0 aliphatic carbocycles. The van der Waals surface area contributed by atoms with Crippen LogP contribution in [0.15, 0.2) is 22.7 Å². The topological polar surface area (TPSA) is 23.5 Å². The lowest BCUT2D eigenvalue weighted by Crippen LogP contribution is -2.48. The molecule has 0 bridgehead atoms. The third-order valence-corrected chi connectivity index (χ3v) is 4.37. The number of benzene rings is 1. The minimum absolute atomic E-state index is 0.349. The Morgan fingerprint density at radius 2 is 1.89 bits per heavy atom. The first-order chi connectivity index (χ1) is 8.39. The van der Waals surface area contributed by atoms with E-state index in [1.54, 1.807) is 12.1 Å². The lowest BCUT2D eigenvalue weighted by molar-refractivity contribution is -0.0168. The maximum absolute atomic E-state index is 13.9. The zero-order chi connectivity index (χ0) is 13.9. The molecule has 1 unspecified atom stereocenters. The molecule has 4 heteroatoms. The molecule has 18 heavy (non-hydrogen) atoms. The van der Waals surface area contributed by atoms with Gasteiger partial charge in [0, 0.05) is 10.0 Å². The summed E-state index contributed by atoms with van der Waals surface area (Å²) >= 11 is 3.32. The van der Waals surface area contributed by atoms with Gasteiger partial charge in [0.15, 0.2) is 0 Å². The first kappa shape index (κ1) is 15.6. The number of likely N-dealkylation sites (N-methyl/N-ethyl adjacent to an activating group) is 1. The Labute approximate surface area is 117 Å². The molecule has 0 amide bonds. The summed E-state index contributed by atoms with van der Waals surface area (Å²) in [5.74, 6) is -0.362. The van der Waals surface area contributed by atoms with Crippen LogP contribution in [-0.4, -0.2) is 29.6 Å². The van der Waals surface area contributed by atoms with E-state index in [0.29, 0.717) is 5.56 Å². The van der Waals surface area contributed by atoms with Crippen LogP contribution in [-0.2, 0) is 0 Å². The molecule has 2 nitrogen and oxygen atoms in total. The molecule has 1 atom stereocenters. The van der Waals surface area contributed by atoms with Crippen molar-refractivity contribution >= 4 is 15.9 Å². The van der Waals surface area contributed by atoms with Gasteiger partial charge in [-0.15, -0.1) is 0 Å². The van der Waals surface area contributed by atoms with Crippen molar-refractivity contribution in [3.63, 3.8) is 0 Å². The van der Waals surface area contributed by atoms with Crippen molar-refractivity contribution in [1.82, 2.24) is 4.90 Å². The number of aliphatic hydroxyl groups excluding tert-OH is 1. The quantitative estimate of drug-likeness (QED) is 0.894. The summed E-state index contributed by atoms with van der Waals surface area (Å²) in [4.78, 5) is 1.98. The molecule has 1 aromatic carbocycles. The second kappa shape index (κ2) is 6.13. The third-order valence-electron chi connectivity index (χ3n) is 3.88. The number of nitrogens with zero attached hydrogens (tertiary/aromatic N) is 1. The summed E-state index contributed by atoms with van der Waals surface area (Å²) in [6.07, 6.45) is 0.660. The van der Waals surface area contributed by atoms with Crippen molar-refractivity contribution in [1.29, 1.82) is 0 Å². The summed E-state index contributed by atoms with van der Waals surface area (Å²) in [6.45, 7) is 4.03. The molecule has 0 heterocycles. The molecule has 0 spiro atoms. The maximum Gasteiger partial charge on any atom is 0.129 e.